The van der Waals surface area contributed by atoms with Gasteiger partial charge < -0.3 is 14.4 Å². The zero-order valence-electron chi connectivity index (χ0n) is 17.9. The second kappa shape index (κ2) is 8.63. The van der Waals surface area contributed by atoms with Gasteiger partial charge in [0.15, 0.2) is 0 Å². The SMILES string of the molecule is CCCCN1C2=NC=C(C(=O)OC)C(c3ccccc3)N2c2cc(C(=O)OC)ccc21. The fourth-order valence-electron chi connectivity index (χ4n) is 4.04. The molecule has 2 aliphatic heterocycles. The Kier molecular flexibility index (Phi) is 5.75. The Balaban J connectivity index is 1.91. The molecule has 1 unspecified atom stereocenters. The lowest BCUT2D eigenvalue weighted by Crippen LogP contribution is -2.44. The van der Waals surface area contributed by atoms with E-state index in [1.807, 2.05) is 41.3 Å². The fourth-order valence-corrected chi connectivity index (χ4v) is 4.04. The highest BCUT2D eigenvalue weighted by molar-refractivity contribution is 6.19. The summed E-state index contributed by atoms with van der Waals surface area (Å²) in [5.74, 6) is -0.119. The third kappa shape index (κ3) is 3.56. The number of hydrogen-bond donors (Lipinski definition) is 0. The van der Waals surface area contributed by atoms with Gasteiger partial charge in [-0.15, -0.1) is 0 Å². The van der Waals surface area contributed by atoms with E-state index in [0.29, 0.717) is 11.1 Å². The fraction of sp³-hybridized carbons (Fsp3) is 0.292. The normalized spacial score (nSPS) is 16.8. The van der Waals surface area contributed by atoms with E-state index in [9.17, 15) is 9.59 Å². The molecule has 0 N–H and O–H groups in total. The molecule has 2 aromatic rings. The average Bonchev–Trinajstić information content (AvgIpc) is 3.14. The van der Waals surface area contributed by atoms with Gasteiger partial charge in [0.05, 0.1) is 42.8 Å². The highest BCUT2D eigenvalue weighted by atomic mass is 16.5. The van der Waals surface area contributed by atoms with Crippen molar-refractivity contribution in [1.82, 2.24) is 0 Å². The monoisotopic (exact) mass is 419 g/mol. The maximum atomic E-state index is 12.7. The van der Waals surface area contributed by atoms with Crippen molar-refractivity contribution in [3.8, 4) is 0 Å². The second-order valence-corrected chi connectivity index (χ2v) is 7.39. The van der Waals surface area contributed by atoms with Crippen LogP contribution < -0.4 is 9.80 Å². The number of aliphatic imine (C=N–C) groups is 1. The number of unbranched alkanes of at least 4 members (excludes halogenated alkanes) is 1. The largest absolute Gasteiger partial charge is 0.466 e. The van der Waals surface area contributed by atoms with Crippen LogP contribution in [0.2, 0.25) is 0 Å². The van der Waals surface area contributed by atoms with E-state index in [1.54, 1.807) is 18.3 Å². The van der Waals surface area contributed by atoms with Gasteiger partial charge in [0.25, 0.3) is 0 Å². The summed E-state index contributed by atoms with van der Waals surface area (Å²) >= 11 is 0. The minimum Gasteiger partial charge on any atom is -0.466 e. The third-order valence-electron chi connectivity index (χ3n) is 5.55. The van der Waals surface area contributed by atoms with Gasteiger partial charge in [0.1, 0.15) is 0 Å². The highest BCUT2D eigenvalue weighted by Gasteiger charge is 2.43. The van der Waals surface area contributed by atoms with E-state index < -0.39 is 18.0 Å². The molecule has 0 bridgehead atoms. The molecule has 7 nitrogen and oxygen atoms in total. The minimum absolute atomic E-state index is 0.412. The van der Waals surface area contributed by atoms with Crippen LogP contribution in [-0.4, -0.2) is 38.7 Å². The summed E-state index contributed by atoms with van der Waals surface area (Å²) in [5.41, 5.74) is 3.56. The summed E-state index contributed by atoms with van der Waals surface area (Å²) < 4.78 is 9.98. The first kappa shape index (κ1) is 20.7. The Morgan fingerprint density at radius 3 is 2.42 bits per heavy atom. The summed E-state index contributed by atoms with van der Waals surface area (Å²) in [6.07, 6.45) is 3.61. The molecule has 2 heterocycles. The van der Waals surface area contributed by atoms with Crippen LogP contribution in [0.5, 0.6) is 0 Å². The van der Waals surface area contributed by atoms with Crippen LogP contribution in [0.25, 0.3) is 0 Å². The van der Waals surface area contributed by atoms with Crippen LogP contribution >= 0.6 is 0 Å². The lowest BCUT2D eigenvalue weighted by atomic mass is 9.96. The van der Waals surface area contributed by atoms with Crippen LogP contribution in [-0.2, 0) is 14.3 Å². The van der Waals surface area contributed by atoms with E-state index in [0.717, 1.165) is 42.3 Å². The van der Waals surface area contributed by atoms with Crippen molar-refractivity contribution < 1.29 is 19.1 Å². The van der Waals surface area contributed by atoms with Gasteiger partial charge in [0.2, 0.25) is 5.96 Å². The van der Waals surface area contributed by atoms with Gasteiger partial charge in [-0.3, -0.25) is 4.90 Å². The quantitative estimate of drug-likeness (QED) is 0.658. The number of rotatable bonds is 6. The van der Waals surface area contributed by atoms with E-state index in [-0.39, 0.29) is 0 Å². The Morgan fingerprint density at radius 2 is 1.74 bits per heavy atom. The van der Waals surface area contributed by atoms with Gasteiger partial charge >= 0.3 is 11.9 Å². The molecule has 0 saturated heterocycles. The zero-order valence-corrected chi connectivity index (χ0v) is 17.9. The number of ether oxygens (including phenoxy) is 2. The van der Waals surface area contributed by atoms with Gasteiger partial charge in [-0.2, -0.15) is 0 Å². The lowest BCUT2D eigenvalue weighted by Gasteiger charge is -2.34. The van der Waals surface area contributed by atoms with Crippen molar-refractivity contribution in [2.24, 2.45) is 4.99 Å². The number of guanidine groups is 1. The molecule has 1 atom stereocenters. The molecule has 0 saturated carbocycles. The van der Waals surface area contributed by atoms with Gasteiger partial charge in [-0.05, 0) is 30.2 Å². The molecule has 0 aromatic heterocycles. The van der Waals surface area contributed by atoms with Crippen LogP contribution in [0.15, 0.2) is 65.3 Å². The zero-order chi connectivity index (χ0) is 22.0. The predicted octanol–water partition coefficient (Wildman–Crippen LogP) is 4.07. The van der Waals surface area contributed by atoms with Crippen molar-refractivity contribution in [3.63, 3.8) is 0 Å². The number of nitrogens with zero attached hydrogens (tertiary/aromatic N) is 3. The van der Waals surface area contributed by atoms with Crippen molar-refractivity contribution in [2.75, 3.05) is 30.6 Å². The topological polar surface area (TPSA) is 71.4 Å². The first-order valence-corrected chi connectivity index (χ1v) is 10.3. The number of carbonyl (C=O) groups is 2. The summed E-state index contributed by atoms with van der Waals surface area (Å²) in [7, 11) is 2.73. The number of methoxy groups -OCH3 is 2. The van der Waals surface area contributed by atoms with Crippen molar-refractivity contribution in [1.29, 1.82) is 0 Å². The van der Waals surface area contributed by atoms with Crippen LogP contribution in [0.1, 0.15) is 41.7 Å². The van der Waals surface area contributed by atoms with E-state index in [1.165, 1.54) is 14.2 Å². The molecule has 31 heavy (non-hydrogen) atoms. The Morgan fingerprint density at radius 1 is 1.00 bits per heavy atom. The Bertz CT molecular complexity index is 1060. The van der Waals surface area contributed by atoms with Crippen LogP contribution in [0, 0.1) is 0 Å². The first-order valence-electron chi connectivity index (χ1n) is 10.3. The highest BCUT2D eigenvalue weighted by Crippen LogP contribution is 2.47. The summed E-state index contributed by atoms with van der Waals surface area (Å²) in [4.78, 5) is 33.7. The van der Waals surface area contributed by atoms with Crippen molar-refractivity contribution in [2.45, 2.75) is 25.8 Å². The number of hydrogen-bond acceptors (Lipinski definition) is 7. The predicted molar refractivity (Wildman–Crippen MR) is 119 cm³/mol. The number of fused-ring (bicyclic) bond motifs is 3. The molecule has 0 radical (unpaired) electrons. The van der Waals surface area contributed by atoms with E-state index in [4.69, 9.17) is 9.47 Å². The Labute approximate surface area is 181 Å². The standard InChI is InChI=1S/C24H25N3O4/c1-4-5-13-26-19-12-11-17(22(28)30-2)14-20(19)27-21(16-9-7-6-8-10-16)18(23(29)31-3)15-25-24(26)27/h6-12,14-15,21H,4-5,13H2,1-3H3. The summed E-state index contributed by atoms with van der Waals surface area (Å²) in [6.45, 7) is 2.92. The average molecular weight is 419 g/mol. The Hall–Kier alpha value is -3.61. The van der Waals surface area contributed by atoms with Gasteiger partial charge in [0, 0.05) is 12.7 Å². The maximum Gasteiger partial charge on any atom is 0.337 e. The second-order valence-electron chi connectivity index (χ2n) is 7.39. The molecule has 0 spiro atoms. The number of anilines is 2. The molecular weight excluding hydrogens is 394 g/mol. The van der Waals surface area contributed by atoms with Gasteiger partial charge in [-0.1, -0.05) is 43.7 Å². The first-order chi connectivity index (χ1) is 15.1. The molecule has 0 aliphatic carbocycles. The molecular formula is C24H25N3O4. The molecule has 0 amide bonds. The molecule has 4 rings (SSSR count). The molecule has 160 valence electrons. The summed E-state index contributed by atoms with van der Waals surface area (Å²) in [5, 5.41) is 0. The van der Waals surface area contributed by atoms with Gasteiger partial charge in [-0.25, -0.2) is 14.6 Å². The molecule has 7 heteroatoms. The third-order valence-corrected chi connectivity index (χ3v) is 5.55. The van der Waals surface area contributed by atoms with Crippen molar-refractivity contribution in [3.05, 3.63) is 71.4 Å². The molecule has 2 aliphatic rings. The van der Waals surface area contributed by atoms with Crippen LogP contribution in [0.3, 0.4) is 0 Å². The smallest absolute Gasteiger partial charge is 0.337 e. The van der Waals surface area contributed by atoms with E-state index in [2.05, 4.69) is 16.8 Å². The molecule has 0 fully saturated rings. The van der Waals surface area contributed by atoms with Crippen LogP contribution in [0.4, 0.5) is 11.4 Å². The number of esters is 2. The number of carbonyl (C=O) groups excluding carboxylic acids is 2. The number of benzene rings is 2. The minimum atomic E-state index is -0.436. The molecule has 2 aromatic carbocycles. The summed E-state index contributed by atoms with van der Waals surface area (Å²) in [6, 6.07) is 14.8. The lowest BCUT2D eigenvalue weighted by molar-refractivity contribution is -0.136. The van der Waals surface area contributed by atoms with Crippen molar-refractivity contribution >= 4 is 29.3 Å². The van der Waals surface area contributed by atoms with E-state index >= 15 is 0 Å². The maximum absolute atomic E-state index is 12.7.